The Morgan fingerprint density at radius 3 is 2.56 bits per heavy atom. The van der Waals surface area contributed by atoms with Crippen molar-refractivity contribution in [1.82, 2.24) is 4.98 Å². The monoisotopic (exact) mass is 242 g/mol. The zero-order valence-corrected chi connectivity index (χ0v) is 10.3. The highest BCUT2D eigenvalue weighted by Crippen LogP contribution is 2.18. The largest absolute Gasteiger partial charge is 0.320 e. The molecule has 0 spiro atoms. The number of aryl methyl sites for hydroxylation is 1. The molecule has 2 N–H and O–H groups in total. The van der Waals surface area contributed by atoms with Gasteiger partial charge in [-0.1, -0.05) is 18.2 Å². The maximum Gasteiger partial charge on any atom is 0.272 e. The number of nitrogens with one attached hydrogen (secondary N) is 2. The molecule has 0 radical (unpaired) electrons. The normalized spacial score (nSPS) is 10.1. The molecule has 0 fully saturated rings. The van der Waals surface area contributed by atoms with E-state index in [0.29, 0.717) is 0 Å². The van der Waals surface area contributed by atoms with Crippen LogP contribution >= 0.6 is 0 Å². The summed E-state index contributed by atoms with van der Waals surface area (Å²) in [6.45, 7) is 3.92. The first kappa shape index (κ1) is 12.1. The van der Waals surface area contributed by atoms with Gasteiger partial charge in [0.05, 0.1) is 0 Å². The second-order valence-electron chi connectivity index (χ2n) is 4.13. The highest BCUT2D eigenvalue weighted by molar-refractivity contribution is 6.03. The fourth-order valence-electron chi connectivity index (χ4n) is 1.66. The van der Waals surface area contributed by atoms with Gasteiger partial charge in [-0.15, -0.1) is 0 Å². The summed E-state index contributed by atoms with van der Waals surface area (Å²) >= 11 is 0. The molecule has 1 amide bonds. The Bertz CT molecular complexity index is 644. The third kappa shape index (κ3) is 2.48. The first-order valence-electron chi connectivity index (χ1n) is 5.65. The van der Waals surface area contributed by atoms with E-state index < -0.39 is 0 Å². The molecule has 2 aromatic rings. The molecule has 0 aliphatic heterocycles. The van der Waals surface area contributed by atoms with Crippen LogP contribution in [-0.4, -0.2) is 10.9 Å². The Morgan fingerprint density at radius 2 is 1.83 bits per heavy atom. The minimum Gasteiger partial charge on any atom is -0.320 e. The number of anilines is 1. The van der Waals surface area contributed by atoms with E-state index in [2.05, 4.69) is 10.3 Å². The first-order chi connectivity index (χ1) is 8.58. The summed E-state index contributed by atoms with van der Waals surface area (Å²) in [6.07, 6.45) is 0. The van der Waals surface area contributed by atoms with Crippen molar-refractivity contribution in [2.24, 2.45) is 0 Å². The molecule has 1 aromatic carbocycles. The molecule has 92 valence electrons. The Labute approximate surface area is 105 Å². The van der Waals surface area contributed by atoms with Gasteiger partial charge in [-0.3, -0.25) is 9.59 Å². The summed E-state index contributed by atoms with van der Waals surface area (Å²) in [5, 5.41) is 2.79. The molecule has 2 rings (SSSR count). The molecule has 4 heteroatoms. The summed E-state index contributed by atoms with van der Waals surface area (Å²) in [6, 6.07) is 10.2. The average Bonchev–Trinajstić information content (AvgIpc) is 2.35. The van der Waals surface area contributed by atoms with E-state index >= 15 is 0 Å². The maximum atomic E-state index is 11.9. The third-order valence-electron chi connectivity index (χ3n) is 2.87. The summed E-state index contributed by atoms with van der Waals surface area (Å²) in [4.78, 5) is 25.6. The van der Waals surface area contributed by atoms with Crippen LogP contribution in [0.15, 0.2) is 41.2 Å². The van der Waals surface area contributed by atoms with Crippen LogP contribution in [0.4, 0.5) is 5.69 Å². The highest BCUT2D eigenvalue weighted by atomic mass is 16.2. The van der Waals surface area contributed by atoms with E-state index in [9.17, 15) is 9.59 Å². The maximum absolute atomic E-state index is 11.9. The van der Waals surface area contributed by atoms with Crippen molar-refractivity contribution in [3.63, 3.8) is 0 Å². The molecule has 18 heavy (non-hydrogen) atoms. The zero-order valence-electron chi connectivity index (χ0n) is 10.3. The molecule has 0 bridgehead atoms. The smallest absolute Gasteiger partial charge is 0.272 e. The van der Waals surface area contributed by atoms with E-state index in [4.69, 9.17) is 0 Å². The fourth-order valence-corrected chi connectivity index (χ4v) is 1.66. The van der Waals surface area contributed by atoms with Gasteiger partial charge in [0.25, 0.3) is 5.91 Å². The Hall–Kier alpha value is -2.36. The average molecular weight is 242 g/mol. The van der Waals surface area contributed by atoms with E-state index in [1.165, 1.54) is 6.07 Å². The topological polar surface area (TPSA) is 62.0 Å². The molecular weight excluding hydrogens is 228 g/mol. The predicted molar refractivity (Wildman–Crippen MR) is 70.9 cm³/mol. The molecule has 0 saturated heterocycles. The second kappa shape index (κ2) is 4.87. The lowest BCUT2D eigenvalue weighted by atomic mass is 10.1. The van der Waals surface area contributed by atoms with Crippen molar-refractivity contribution in [1.29, 1.82) is 0 Å². The molecule has 4 nitrogen and oxygen atoms in total. The minimum absolute atomic E-state index is 0.253. The standard InChI is InChI=1S/C14H14N2O2/c1-9-5-3-6-11(10(9)2)16-14(18)12-7-4-8-13(17)15-12/h3-8H,1-2H3,(H,15,17)(H,16,18). The lowest BCUT2D eigenvalue weighted by Gasteiger charge is -2.10. The van der Waals surface area contributed by atoms with E-state index in [1.807, 2.05) is 32.0 Å². The van der Waals surface area contributed by atoms with Crippen LogP contribution in [0, 0.1) is 13.8 Å². The first-order valence-corrected chi connectivity index (χ1v) is 5.65. The molecule has 1 aromatic heterocycles. The van der Waals surface area contributed by atoms with Crippen LogP contribution in [0.1, 0.15) is 21.6 Å². The number of rotatable bonds is 2. The minimum atomic E-state index is -0.318. The SMILES string of the molecule is Cc1cccc(NC(=O)c2cccc(=O)[nH]2)c1C. The van der Waals surface area contributed by atoms with Gasteiger partial charge < -0.3 is 10.3 Å². The predicted octanol–water partition coefficient (Wildman–Crippen LogP) is 2.24. The van der Waals surface area contributed by atoms with Gasteiger partial charge in [0.1, 0.15) is 5.69 Å². The van der Waals surface area contributed by atoms with E-state index in [1.54, 1.807) is 12.1 Å². The Morgan fingerprint density at radius 1 is 1.11 bits per heavy atom. The van der Waals surface area contributed by atoms with Crippen LogP contribution in [0.25, 0.3) is 0 Å². The summed E-state index contributed by atoms with van der Waals surface area (Å²) in [5.41, 5.74) is 2.84. The van der Waals surface area contributed by atoms with Crippen LogP contribution in [0.2, 0.25) is 0 Å². The van der Waals surface area contributed by atoms with Crippen molar-refractivity contribution in [2.45, 2.75) is 13.8 Å². The number of hydrogen-bond acceptors (Lipinski definition) is 2. The van der Waals surface area contributed by atoms with Crippen LogP contribution in [-0.2, 0) is 0 Å². The van der Waals surface area contributed by atoms with Gasteiger partial charge in [0, 0.05) is 11.8 Å². The molecule has 0 saturated carbocycles. The molecule has 0 unspecified atom stereocenters. The van der Waals surface area contributed by atoms with Gasteiger partial charge in [0.15, 0.2) is 0 Å². The van der Waals surface area contributed by atoms with Crippen molar-refractivity contribution in [3.05, 3.63) is 63.6 Å². The van der Waals surface area contributed by atoms with Crippen molar-refractivity contribution in [2.75, 3.05) is 5.32 Å². The van der Waals surface area contributed by atoms with Crippen LogP contribution < -0.4 is 10.9 Å². The lowest BCUT2D eigenvalue weighted by Crippen LogP contribution is -2.18. The van der Waals surface area contributed by atoms with Gasteiger partial charge in [-0.25, -0.2) is 0 Å². The number of H-pyrrole nitrogens is 1. The molecule has 0 aliphatic rings. The van der Waals surface area contributed by atoms with Crippen molar-refractivity contribution < 1.29 is 4.79 Å². The number of amides is 1. The number of carbonyl (C=O) groups is 1. The number of pyridine rings is 1. The van der Waals surface area contributed by atoms with Gasteiger partial charge in [0.2, 0.25) is 5.56 Å². The summed E-state index contributed by atoms with van der Waals surface area (Å²) in [7, 11) is 0. The van der Waals surface area contributed by atoms with E-state index in [0.717, 1.165) is 16.8 Å². The van der Waals surface area contributed by atoms with Crippen LogP contribution in [0.3, 0.4) is 0 Å². The highest BCUT2D eigenvalue weighted by Gasteiger charge is 2.08. The van der Waals surface area contributed by atoms with Crippen molar-refractivity contribution >= 4 is 11.6 Å². The van der Waals surface area contributed by atoms with Gasteiger partial charge in [-0.2, -0.15) is 0 Å². The molecular formula is C14H14N2O2. The summed E-state index contributed by atoms with van der Waals surface area (Å²) in [5.74, 6) is -0.318. The number of aromatic nitrogens is 1. The molecule has 0 aliphatic carbocycles. The fraction of sp³-hybridized carbons (Fsp3) is 0.143. The second-order valence-corrected chi connectivity index (χ2v) is 4.13. The number of hydrogen-bond donors (Lipinski definition) is 2. The number of benzene rings is 1. The number of aromatic amines is 1. The lowest BCUT2D eigenvalue weighted by molar-refractivity contribution is 0.102. The molecule has 0 atom stereocenters. The van der Waals surface area contributed by atoms with Crippen LogP contribution in [0.5, 0.6) is 0 Å². The van der Waals surface area contributed by atoms with Crippen molar-refractivity contribution in [3.8, 4) is 0 Å². The summed E-state index contributed by atoms with van der Waals surface area (Å²) < 4.78 is 0. The Balaban J connectivity index is 2.27. The van der Waals surface area contributed by atoms with E-state index in [-0.39, 0.29) is 17.2 Å². The quantitative estimate of drug-likeness (QED) is 0.848. The third-order valence-corrected chi connectivity index (χ3v) is 2.87. The molecule has 1 heterocycles. The van der Waals surface area contributed by atoms with Gasteiger partial charge in [-0.05, 0) is 37.1 Å². The van der Waals surface area contributed by atoms with Gasteiger partial charge >= 0.3 is 0 Å². The zero-order chi connectivity index (χ0) is 13.1. The number of carbonyl (C=O) groups excluding carboxylic acids is 1. The Kier molecular flexibility index (Phi) is 3.28.